The average molecular weight is 594 g/mol. The SMILES string of the molecule is O=C(N/N=C1/S/C(=C\c2ccc(F)cc2)C(=O)N1c1ccccc1)c1cc(-c2ccc(Cl)cc2)n(-c2ccccc2)n1. The van der Waals surface area contributed by atoms with Gasteiger partial charge in [0.05, 0.1) is 22.0 Å². The van der Waals surface area contributed by atoms with E-state index >= 15 is 0 Å². The number of carbonyl (C=O) groups excluding carboxylic acids is 2. The number of hydrazone groups is 1. The predicted octanol–water partition coefficient (Wildman–Crippen LogP) is 7.15. The van der Waals surface area contributed by atoms with Gasteiger partial charge in [0.25, 0.3) is 11.8 Å². The molecule has 2 heterocycles. The average Bonchev–Trinajstić information content (AvgIpc) is 3.60. The lowest BCUT2D eigenvalue weighted by Crippen LogP contribution is -2.31. The fraction of sp³-hybridized carbons (Fsp3) is 0. The van der Waals surface area contributed by atoms with Crippen molar-refractivity contribution in [2.24, 2.45) is 5.10 Å². The van der Waals surface area contributed by atoms with Gasteiger partial charge in [-0.2, -0.15) is 5.10 Å². The topological polar surface area (TPSA) is 79.6 Å². The molecule has 4 aromatic carbocycles. The van der Waals surface area contributed by atoms with Crippen molar-refractivity contribution in [3.05, 3.63) is 142 Å². The van der Waals surface area contributed by atoms with Crippen LogP contribution in [-0.4, -0.2) is 26.8 Å². The number of aromatic nitrogens is 2. The number of thioether (sulfide) groups is 1. The fourth-order valence-electron chi connectivity index (χ4n) is 4.30. The van der Waals surface area contributed by atoms with Gasteiger partial charge in [-0.05, 0) is 78.0 Å². The highest BCUT2D eigenvalue weighted by molar-refractivity contribution is 8.19. The van der Waals surface area contributed by atoms with Gasteiger partial charge in [0.2, 0.25) is 0 Å². The Kier molecular flexibility index (Phi) is 7.68. The van der Waals surface area contributed by atoms with Crippen LogP contribution in [0.15, 0.2) is 125 Å². The third-order valence-electron chi connectivity index (χ3n) is 6.32. The van der Waals surface area contributed by atoms with E-state index in [4.69, 9.17) is 11.6 Å². The van der Waals surface area contributed by atoms with Crippen LogP contribution in [0.5, 0.6) is 0 Å². The first kappa shape index (κ1) is 27.2. The highest BCUT2D eigenvalue weighted by atomic mass is 35.5. The van der Waals surface area contributed by atoms with Gasteiger partial charge in [-0.15, -0.1) is 5.10 Å². The molecule has 1 N–H and O–H groups in total. The number of halogens is 2. The highest BCUT2D eigenvalue weighted by Gasteiger charge is 2.35. The molecule has 0 bridgehead atoms. The molecule has 1 saturated heterocycles. The summed E-state index contributed by atoms with van der Waals surface area (Å²) in [6.07, 6.45) is 1.66. The van der Waals surface area contributed by atoms with E-state index in [1.165, 1.54) is 17.0 Å². The largest absolute Gasteiger partial charge is 0.291 e. The molecule has 0 unspecified atom stereocenters. The van der Waals surface area contributed by atoms with Crippen LogP contribution < -0.4 is 10.3 Å². The second-order valence-corrected chi connectivity index (χ2v) is 10.6. The maximum absolute atomic E-state index is 13.4. The van der Waals surface area contributed by atoms with Gasteiger partial charge < -0.3 is 0 Å². The molecule has 1 aliphatic rings. The Morgan fingerprint density at radius 3 is 2.19 bits per heavy atom. The Bertz CT molecular complexity index is 1820. The van der Waals surface area contributed by atoms with Crippen LogP contribution in [0.1, 0.15) is 16.1 Å². The Hall–Kier alpha value is -4.99. The molecule has 2 amide bonds. The predicted molar refractivity (Wildman–Crippen MR) is 165 cm³/mol. The summed E-state index contributed by atoms with van der Waals surface area (Å²) in [6, 6.07) is 33.2. The van der Waals surface area contributed by atoms with E-state index in [0.29, 0.717) is 26.9 Å². The molecule has 42 heavy (non-hydrogen) atoms. The van der Waals surface area contributed by atoms with Crippen LogP contribution in [0, 0.1) is 5.82 Å². The summed E-state index contributed by atoms with van der Waals surface area (Å²) in [5.74, 6) is -1.24. The molecule has 0 spiro atoms. The molecule has 7 nitrogen and oxygen atoms in total. The number of para-hydroxylation sites is 2. The van der Waals surface area contributed by atoms with Gasteiger partial charge in [0.1, 0.15) is 5.82 Å². The van der Waals surface area contributed by atoms with Crippen molar-refractivity contribution in [2.45, 2.75) is 0 Å². The first-order valence-electron chi connectivity index (χ1n) is 12.8. The maximum Gasteiger partial charge on any atom is 0.291 e. The summed E-state index contributed by atoms with van der Waals surface area (Å²) in [4.78, 5) is 28.6. The van der Waals surface area contributed by atoms with Crippen molar-refractivity contribution in [1.82, 2.24) is 15.2 Å². The third kappa shape index (κ3) is 5.74. The van der Waals surface area contributed by atoms with Gasteiger partial charge in [-0.1, -0.05) is 72.3 Å². The van der Waals surface area contributed by atoms with E-state index in [1.807, 2.05) is 48.5 Å². The molecule has 6 rings (SSSR count). The number of hydrogen-bond donors (Lipinski definition) is 1. The maximum atomic E-state index is 13.4. The van der Waals surface area contributed by atoms with E-state index in [0.717, 1.165) is 23.0 Å². The van der Waals surface area contributed by atoms with Crippen LogP contribution >= 0.6 is 23.4 Å². The number of carbonyl (C=O) groups is 2. The van der Waals surface area contributed by atoms with Crippen molar-refractivity contribution < 1.29 is 14.0 Å². The van der Waals surface area contributed by atoms with Gasteiger partial charge in [-0.3, -0.25) is 14.5 Å². The highest BCUT2D eigenvalue weighted by Crippen LogP contribution is 2.36. The van der Waals surface area contributed by atoms with Crippen LogP contribution in [0.3, 0.4) is 0 Å². The molecule has 206 valence electrons. The van der Waals surface area contributed by atoms with E-state index in [2.05, 4.69) is 15.6 Å². The number of nitrogens with one attached hydrogen (secondary N) is 1. The summed E-state index contributed by atoms with van der Waals surface area (Å²) in [6.45, 7) is 0. The molecule has 1 aromatic heterocycles. The summed E-state index contributed by atoms with van der Waals surface area (Å²) in [7, 11) is 0. The van der Waals surface area contributed by atoms with Gasteiger partial charge in [-0.25, -0.2) is 14.5 Å². The molecule has 1 aliphatic heterocycles. The number of amides is 2. The quantitative estimate of drug-likeness (QED) is 0.167. The van der Waals surface area contributed by atoms with Crippen LogP contribution in [0.25, 0.3) is 23.0 Å². The van der Waals surface area contributed by atoms with Crippen molar-refractivity contribution in [3.8, 4) is 16.9 Å². The molecule has 0 aliphatic carbocycles. The first-order valence-corrected chi connectivity index (χ1v) is 14.0. The lowest BCUT2D eigenvalue weighted by atomic mass is 10.1. The number of benzene rings is 4. The summed E-state index contributed by atoms with van der Waals surface area (Å²) >= 11 is 7.20. The molecule has 0 atom stereocenters. The van der Waals surface area contributed by atoms with Gasteiger partial charge in [0, 0.05) is 10.6 Å². The van der Waals surface area contributed by atoms with Gasteiger partial charge >= 0.3 is 0 Å². The summed E-state index contributed by atoms with van der Waals surface area (Å²) in [5.41, 5.74) is 6.24. The number of amidine groups is 1. The number of rotatable bonds is 6. The second kappa shape index (κ2) is 11.9. The Labute approximate surface area is 249 Å². The van der Waals surface area contributed by atoms with E-state index in [9.17, 15) is 14.0 Å². The molecule has 10 heteroatoms. The minimum atomic E-state index is -0.551. The smallest absolute Gasteiger partial charge is 0.268 e. The zero-order valence-electron chi connectivity index (χ0n) is 21.8. The van der Waals surface area contributed by atoms with Crippen LogP contribution in [0.4, 0.5) is 10.1 Å². The Balaban J connectivity index is 1.33. The Morgan fingerprint density at radius 1 is 0.881 bits per heavy atom. The number of nitrogens with zero attached hydrogens (tertiary/aromatic N) is 4. The normalized spacial score (nSPS) is 15.0. The molecular formula is C32H21ClFN5O2S. The van der Waals surface area contributed by atoms with Crippen LogP contribution in [-0.2, 0) is 4.79 Å². The van der Waals surface area contributed by atoms with Crippen LogP contribution in [0.2, 0.25) is 5.02 Å². The number of anilines is 1. The van der Waals surface area contributed by atoms with Crippen molar-refractivity contribution in [3.63, 3.8) is 0 Å². The standard InChI is InChI=1S/C32H21ClFN5O2S/c33-23-15-13-22(14-16-23)28-20-27(37-39(28)26-9-5-2-6-10-26)30(40)35-36-32-38(25-7-3-1-4-8-25)31(41)29(42-32)19-21-11-17-24(34)18-12-21/h1-20H,(H,35,40)/b29-19-,36-32+. The molecule has 5 aromatic rings. The third-order valence-corrected chi connectivity index (χ3v) is 7.55. The zero-order chi connectivity index (χ0) is 29.1. The van der Waals surface area contributed by atoms with Gasteiger partial charge in [0.15, 0.2) is 10.9 Å². The lowest BCUT2D eigenvalue weighted by molar-refractivity contribution is -0.113. The van der Waals surface area contributed by atoms with Crippen molar-refractivity contribution in [1.29, 1.82) is 0 Å². The number of hydrogen-bond acceptors (Lipinski definition) is 5. The minimum absolute atomic E-state index is 0.135. The first-order chi connectivity index (χ1) is 20.5. The second-order valence-electron chi connectivity index (χ2n) is 9.14. The molecular weight excluding hydrogens is 573 g/mol. The fourth-order valence-corrected chi connectivity index (χ4v) is 5.37. The summed E-state index contributed by atoms with van der Waals surface area (Å²) < 4.78 is 15.1. The molecule has 1 fully saturated rings. The Morgan fingerprint density at radius 2 is 1.52 bits per heavy atom. The van der Waals surface area contributed by atoms with E-state index in [1.54, 1.807) is 65.4 Å². The molecule has 0 saturated carbocycles. The van der Waals surface area contributed by atoms with Crippen molar-refractivity contribution in [2.75, 3.05) is 4.90 Å². The van der Waals surface area contributed by atoms with E-state index in [-0.39, 0.29) is 22.6 Å². The monoisotopic (exact) mass is 593 g/mol. The molecule has 0 radical (unpaired) electrons. The minimum Gasteiger partial charge on any atom is -0.268 e. The lowest BCUT2D eigenvalue weighted by Gasteiger charge is -2.15. The zero-order valence-corrected chi connectivity index (χ0v) is 23.4. The van der Waals surface area contributed by atoms with E-state index < -0.39 is 5.91 Å². The summed E-state index contributed by atoms with van der Waals surface area (Å²) in [5, 5.41) is 9.75. The van der Waals surface area contributed by atoms with Crippen molar-refractivity contribution >= 4 is 52.1 Å².